The summed E-state index contributed by atoms with van der Waals surface area (Å²) >= 11 is 0. The molecule has 0 radical (unpaired) electrons. The molecule has 1 aliphatic heterocycles. The van der Waals surface area contributed by atoms with Crippen molar-refractivity contribution in [2.45, 2.75) is 76.7 Å². The molecule has 1 heterocycles. The van der Waals surface area contributed by atoms with Gasteiger partial charge in [-0.15, -0.1) is 0 Å². The summed E-state index contributed by atoms with van der Waals surface area (Å²) < 4.78 is 0. The summed E-state index contributed by atoms with van der Waals surface area (Å²) in [6.45, 7) is 0. The van der Waals surface area contributed by atoms with Crippen LogP contribution in [0.3, 0.4) is 0 Å². The van der Waals surface area contributed by atoms with Crippen molar-refractivity contribution in [3.05, 3.63) is 12.2 Å². The molecule has 0 spiro atoms. The molecule has 2 fully saturated rings. The lowest BCUT2D eigenvalue weighted by Crippen LogP contribution is -2.46. The maximum Gasteiger partial charge on any atom is 0.253 e. The van der Waals surface area contributed by atoms with Crippen LogP contribution in [0.1, 0.15) is 70.6 Å². The molecule has 0 aromatic heterocycles. The highest BCUT2D eigenvalue weighted by Crippen LogP contribution is 2.36. The zero-order valence-electron chi connectivity index (χ0n) is 12.9. The highest BCUT2D eigenvalue weighted by molar-refractivity contribution is 6.13. The summed E-state index contributed by atoms with van der Waals surface area (Å²) in [6, 6.07) is 0.156. The van der Waals surface area contributed by atoms with Crippen molar-refractivity contribution in [3.63, 3.8) is 0 Å². The second-order valence-corrected chi connectivity index (χ2v) is 7.08. The van der Waals surface area contributed by atoms with Crippen molar-refractivity contribution in [3.8, 4) is 0 Å². The van der Waals surface area contributed by atoms with Crippen molar-refractivity contribution in [1.82, 2.24) is 4.90 Å². The van der Waals surface area contributed by atoms with Gasteiger partial charge in [-0.05, 0) is 31.1 Å². The molecule has 2 saturated carbocycles. The van der Waals surface area contributed by atoms with E-state index in [0.717, 1.165) is 6.42 Å². The zero-order chi connectivity index (χ0) is 14.7. The van der Waals surface area contributed by atoms with Crippen molar-refractivity contribution in [2.75, 3.05) is 0 Å². The molecule has 3 heteroatoms. The topological polar surface area (TPSA) is 37.4 Å². The SMILES string of the molecule is O=C1C=CC(=O)N1[C@H](CC1CCCCC1)C1CCCCC1. The third-order valence-corrected chi connectivity index (χ3v) is 5.67. The van der Waals surface area contributed by atoms with Gasteiger partial charge in [0.2, 0.25) is 0 Å². The Morgan fingerprint density at radius 3 is 1.95 bits per heavy atom. The van der Waals surface area contributed by atoms with Gasteiger partial charge in [0.15, 0.2) is 0 Å². The molecule has 0 aromatic rings. The van der Waals surface area contributed by atoms with E-state index in [1.807, 2.05) is 0 Å². The summed E-state index contributed by atoms with van der Waals surface area (Å²) in [5, 5.41) is 0. The first kappa shape index (κ1) is 14.8. The first-order valence-electron chi connectivity index (χ1n) is 8.81. The van der Waals surface area contributed by atoms with Gasteiger partial charge in [-0.2, -0.15) is 0 Å². The van der Waals surface area contributed by atoms with E-state index in [1.165, 1.54) is 76.4 Å². The minimum Gasteiger partial charge on any atom is -0.272 e. The molecule has 0 aromatic carbocycles. The van der Waals surface area contributed by atoms with E-state index in [2.05, 4.69) is 0 Å². The molecule has 3 aliphatic rings. The van der Waals surface area contributed by atoms with Gasteiger partial charge in [-0.1, -0.05) is 51.4 Å². The van der Waals surface area contributed by atoms with Crippen LogP contribution in [-0.4, -0.2) is 22.8 Å². The van der Waals surface area contributed by atoms with Crippen LogP contribution in [0.4, 0.5) is 0 Å². The lowest BCUT2D eigenvalue weighted by molar-refractivity contribution is -0.141. The Kier molecular flexibility index (Phi) is 4.77. The zero-order valence-corrected chi connectivity index (χ0v) is 12.9. The summed E-state index contributed by atoms with van der Waals surface area (Å²) in [6.07, 6.45) is 16.7. The fourth-order valence-electron chi connectivity index (χ4n) is 4.53. The van der Waals surface area contributed by atoms with Crippen LogP contribution >= 0.6 is 0 Å². The van der Waals surface area contributed by atoms with Crippen molar-refractivity contribution < 1.29 is 9.59 Å². The van der Waals surface area contributed by atoms with Gasteiger partial charge in [-0.25, -0.2) is 0 Å². The maximum absolute atomic E-state index is 12.1. The fourth-order valence-corrected chi connectivity index (χ4v) is 4.53. The summed E-state index contributed by atoms with van der Waals surface area (Å²) in [5.41, 5.74) is 0. The van der Waals surface area contributed by atoms with Gasteiger partial charge < -0.3 is 0 Å². The number of carbonyl (C=O) groups excluding carboxylic acids is 2. The van der Waals surface area contributed by atoms with Crippen LogP contribution in [0.2, 0.25) is 0 Å². The van der Waals surface area contributed by atoms with Crippen molar-refractivity contribution in [1.29, 1.82) is 0 Å². The first-order valence-corrected chi connectivity index (χ1v) is 8.81. The van der Waals surface area contributed by atoms with Gasteiger partial charge in [-0.3, -0.25) is 14.5 Å². The minimum atomic E-state index is -0.0774. The molecule has 2 amide bonds. The summed E-state index contributed by atoms with van der Waals surface area (Å²) in [5.74, 6) is 1.10. The molecule has 0 unspecified atom stereocenters. The van der Waals surface area contributed by atoms with E-state index in [0.29, 0.717) is 11.8 Å². The quantitative estimate of drug-likeness (QED) is 0.738. The van der Waals surface area contributed by atoms with Crippen LogP contribution in [0.15, 0.2) is 12.2 Å². The van der Waals surface area contributed by atoms with Crippen molar-refractivity contribution >= 4 is 11.8 Å². The van der Waals surface area contributed by atoms with Gasteiger partial charge in [0.25, 0.3) is 11.8 Å². The molecule has 3 rings (SSSR count). The molecular formula is C18H27NO2. The van der Waals surface area contributed by atoms with Crippen LogP contribution in [0, 0.1) is 11.8 Å². The van der Waals surface area contributed by atoms with E-state index in [-0.39, 0.29) is 17.9 Å². The average molecular weight is 289 g/mol. The number of carbonyl (C=O) groups is 2. The molecule has 116 valence electrons. The van der Waals surface area contributed by atoms with E-state index in [9.17, 15) is 9.59 Å². The molecule has 0 bridgehead atoms. The highest BCUT2D eigenvalue weighted by Gasteiger charge is 2.37. The van der Waals surface area contributed by atoms with Gasteiger partial charge in [0.05, 0.1) is 0 Å². The molecule has 3 nitrogen and oxygen atoms in total. The Morgan fingerprint density at radius 1 is 0.857 bits per heavy atom. The molecule has 0 saturated heterocycles. The summed E-state index contributed by atoms with van der Waals surface area (Å²) in [4.78, 5) is 25.8. The van der Waals surface area contributed by atoms with Gasteiger partial charge in [0.1, 0.15) is 0 Å². The molecular weight excluding hydrogens is 262 g/mol. The normalized spacial score (nSPS) is 26.6. The second-order valence-electron chi connectivity index (χ2n) is 7.08. The highest BCUT2D eigenvalue weighted by atomic mass is 16.2. The predicted octanol–water partition coefficient (Wildman–Crippen LogP) is 3.83. The Hall–Kier alpha value is -1.12. The van der Waals surface area contributed by atoms with Gasteiger partial charge in [0, 0.05) is 18.2 Å². The predicted molar refractivity (Wildman–Crippen MR) is 82.5 cm³/mol. The Labute approximate surface area is 127 Å². The van der Waals surface area contributed by atoms with Crippen molar-refractivity contribution in [2.24, 2.45) is 11.8 Å². The van der Waals surface area contributed by atoms with E-state index in [4.69, 9.17) is 0 Å². The van der Waals surface area contributed by atoms with E-state index >= 15 is 0 Å². The standard InChI is InChI=1S/C18H27NO2/c20-17-11-12-18(21)19(17)16(15-9-5-2-6-10-15)13-14-7-3-1-4-8-14/h11-12,14-16H,1-10,13H2/t16-/m1/s1. The number of hydrogen-bond acceptors (Lipinski definition) is 2. The Balaban J connectivity index is 1.73. The summed E-state index contributed by atoms with van der Waals surface area (Å²) in [7, 11) is 0. The average Bonchev–Trinajstić information content (AvgIpc) is 2.86. The van der Waals surface area contributed by atoms with E-state index in [1.54, 1.807) is 4.90 Å². The lowest BCUT2D eigenvalue weighted by atomic mass is 9.76. The smallest absolute Gasteiger partial charge is 0.253 e. The third kappa shape index (κ3) is 3.38. The Morgan fingerprint density at radius 2 is 1.38 bits per heavy atom. The fraction of sp³-hybridized carbons (Fsp3) is 0.778. The van der Waals surface area contributed by atoms with Crippen LogP contribution in [-0.2, 0) is 9.59 Å². The molecule has 21 heavy (non-hydrogen) atoms. The number of hydrogen-bond donors (Lipinski definition) is 0. The maximum atomic E-state index is 12.1. The van der Waals surface area contributed by atoms with Gasteiger partial charge >= 0.3 is 0 Å². The number of nitrogens with zero attached hydrogens (tertiary/aromatic N) is 1. The second kappa shape index (κ2) is 6.76. The largest absolute Gasteiger partial charge is 0.272 e. The number of amides is 2. The van der Waals surface area contributed by atoms with Crippen LogP contribution in [0.5, 0.6) is 0 Å². The minimum absolute atomic E-state index is 0.0774. The first-order chi connectivity index (χ1) is 10.3. The van der Waals surface area contributed by atoms with Crippen LogP contribution < -0.4 is 0 Å². The molecule has 1 atom stereocenters. The van der Waals surface area contributed by atoms with E-state index < -0.39 is 0 Å². The monoisotopic (exact) mass is 289 g/mol. The molecule has 2 aliphatic carbocycles. The Bertz CT molecular complexity index is 399. The van der Waals surface area contributed by atoms with Crippen LogP contribution in [0.25, 0.3) is 0 Å². The third-order valence-electron chi connectivity index (χ3n) is 5.67. The number of rotatable bonds is 4. The number of imide groups is 1. The molecule has 0 N–H and O–H groups in total. The lowest BCUT2D eigenvalue weighted by Gasteiger charge is -2.38.